The Bertz CT molecular complexity index is 830. The number of para-hydroxylation sites is 1. The maximum atomic E-state index is 12.8. The number of amides is 2. The number of hydrogen-bond donors (Lipinski definition) is 2. The van der Waals surface area contributed by atoms with Crippen molar-refractivity contribution in [2.75, 3.05) is 24.1 Å². The van der Waals surface area contributed by atoms with Crippen LogP contribution in [0, 0.1) is 11.3 Å². The number of nitrogens with one attached hydrogen (secondary N) is 2. The van der Waals surface area contributed by atoms with Crippen molar-refractivity contribution in [3.05, 3.63) is 29.8 Å². The number of nitrogens with zero attached hydrogens (tertiary/aromatic N) is 1. The van der Waals surface area contributed by atoms with Crippen molar-refractivity contribution in [3.63, 3.8) is 0 Å². The maximum absolute atomic E-state index is 12.8. The average Bonchev–Trinajstić information content (AvgIpc) is 2.59. The van der Waals surface area contributed by atoms with Crippen LogP contribution in [-0.2, 0) is 19.6 Å². The van der Waals surface area contributed by atoms with Gasteiger partial charge in [0.15, 0.2) is 0 Å². The van der Waals surface area contributed by atoms with Gasteiger partial charge in [-0.2, -0.15) is 0 Å². The highest BCUT2D eigenvalue weighted by atomic mass is 32.2. The van der Waals surface area contributed by atoms with Crippen molar-refractivity contribution < 1.29 is 18.0 Å². The summed E-state index contributed by atoms with van der Waals surface area (Å²) in [5.74, 6) is -0.327. The number of likely N-dealkylation sites (tertiary alicyclic amines) is 1. The smallest absolute Gasteiger partial charge is 0.229 e. The SMILES string of the molecule is CC(NC(=O)C1CCCN(C(=O)C(C)(C)C)C1)c1ccccc1NS(C)(=O)=O. The van der Waals surface area contributed by atoms with Crippen LogP contribution in [-0.4, -0.2) is 44.5 Å². The zero-order valence-corrected chi connectivity index (χ0v) is 18.1. The number of anilines is 1. The van der Waals surface area contributed by atoms with Gasteiger partial charge in [0.25, 0.3) is 0 Å². The van der Waals surface area contributed by atoms with E-state index in [1.165, 1.54) is 0 Å². The summed E-state index contributed by atoms with van der Waals surface area (Å²) in [4.78, 5) is 27.1. The van der Waals surface area contributed by atoms with E-state index in [4.69, 9.17) is 0 Å². The van der Waals surface area contributed by atoms with E-state index in [2.05, 4.69) is 10.0 Å². The highest BCUT2D eigenvalue weighted by Gasteiger charge is 2.33. The second-order valence-electron chi connectivity index (χ2n) is 8.53. The van der Waals surface area contributed by atoms with Gasteiger partial charge in [-0.25, -0.2) is 8.42 Å². The fraction of sp³-hybridized carbons (Fsp3) is 0.600. The number of benzene rings is 1. The summed E-state index contributed by atoms with van der Waals surface area (Å²) in [7, 11) is -3.42. The molecule has 1 aliphatic rings. The first-order chi connectivity index (χ1) is 12.9. The molecule has 1 fully saturated rings. The first kappa shape index (κ1) is 22.2. The van der Waals surface area contributed by atoms with Gasteiger partial charge in [-0.15, -0.1) is 0 Å². The molecule has 0 aromatic heterocycles. The number of carbonyl (C=O) groups excluding carboxylic acids is 2. The third kappa shape index (κ3) is 5.95. The second-order valence-corrected chi connectivity index (χ2v) is 10.3. The average molecular weight is 410 g/mol. The lowest BCUT2D eigenvalue weighted by Gasteiger charge is -2.36. The molecule has 1 aromatic rings. The highest BCUT2D eigenvalue weighted by molar-refractivity contribution is 7.92. The fourth-order valence-electron chi connectivity index (χ4n) is 3.43. The molecular weight excluding hydrogens is 378 g/mol. The predicted octanol–water partition coefficient (Wildman–Crippen LogP) is 2.52. The molecule has 1 aliphatic heterocycles. The lowest BCUT2D eigenvalue weighted by atomic mass is 9.90. The van der Waals surface area contributed by atoms with E-state index in [9.17, 15) is 18.0 Å². The van der Waals surface area contributed by atoms with Crippen molar-refractivity contribution in [1.82, 2.24) is 10.2 Å². The van der Waals surface area contributed by atoms with Crippen molar-refractivity contribution in [3.8, 4) is 0 Å². The molecule has 1 aromatic carbocycles. The number of sulfonamides is 1. The zero-order chi connectivity index (χ0) is 21.1. The van der Waals surface area contributed by atoms with Crippen LogP contribution < -0.4 is 10.0 Å². The van der Waals surface area contributed by atoms with Gasteiger partial charge in [-0.1, -0.05) is 39.0 Å². The summed E-state index contributed by atoms with van der Waals surface area (Å²) in [5, 5.41) is 2.98. The van der Waals surface area contributed by atoms with E-state index in [0.29, 0.717) is 24.3 Å². The Balaban J connectivity index is 2.08. The van der Waals surface area contributed by atoms with Gasteiger partial charge in [0.2, 0.25) is 21.8 Å². The highest BCUT2D eigenvalue weighted by Crippen LogP contribution is 2.26. The van der Waals surface area contributed by atoms with Crippen LogP contribution in [0.5, 0.6) is 0 Å². The first-order valence-corrected chi connectivity index (χ1v) is 11.4. The van der Waals surface area contributed by atoms with E-state index in [1.54, 1.807) is 29.2 Å². The molecule has 0 spiro atoms. The van der Waals surface area contributed by atoms with Gasteiger partial charge in [-0.05, 0) is 31.4 Å². The number of hydrogen-bond acceptors (Lipinski definition) is 4. The molecule has 1 saturated heterocycles. The Hall–Kier alpha value is -2.09. The van der Waals surface area contributed by atoms with Gasteiger partial charge in [0, 0.05) is 18.5 Å². The van der Waals surface area contributed by atoms with Crippen molar-refractivity contribution in [1.29, 1.82) is 0 Å². The Kier molecular flexibility index (Phi) is 6.75. The third-order valence-corrected chi connectivity index (χ3v) is 5.39. The zero-order valence-electron chi connectivity index (χ0n) is 17.3. The van der Waals surface area contributed by atoms with Crippen LogP contribution in [0.15, 0.2) is 24.3 Å². The number of piperidine rings is 1. The monoisotopic (exact) mass is 409 g/mol. The summed E-state index contributed by atoms with van der Waals surface area (Å²) in [6.07, 6.45) is 2.62. The molecule has 7 nitrogen and oxygen atoms in total. The Morgan fingerprint density at radius 1 is 1.21 bits per heavy atom. The molecule has 2 amide bonds. The molecule has 0 bridgehead atoms. The van der Waals surface area contributed by atoms with Crippen LogP contribution in [0.25, 0.3) is 0 Å². The summed E-state index contributed by atoms with van der Waals surface area (Å²) in [5.41, 5.74) is 0.674. The second kappa shape index (κ2) is 8.51. The van der Waals surface area contributed by atoms with E-state index in [-0.39, 0.29) is 23.8 Å². The van der Waals surface area contributed by atoms with Crippen LogP contribution >= 0.6 is 0 Å². The normalized spacial score (nSPS) is 19.0. The summed E-state index contributed by atoms with van der Waals surface area (Å²) < 4.78 is 25.7. The van der Waals surface area contributed by atoms with Crippen LogP contribution in [0.2, 0.25) is 0 Å². The molecule has 156 valence electrons. The van der Waals surface area contributed by atoms with Gasteiger partial charge in [-0.3, -0.25) is 14.3 Å². The van der Waals surface area contributed by atoms with Crippen molar-refractivity contribution >= 4 is 27.5 Å². The van der Waals surface area contributed by atoms with Gasteiger partial charge in [0.1, 0.15) is 0 Å². The number of carbonyl (C=O) groups is 2. The number of rotatable bonds is 5. The minimum atomic E-state index is -3.42. The molecule has 2 unspecified atom stereocenters. The molecular formula is C20H31N3O4S. The van der Waals surface area contributed by atoms with Crippen molar-refractivity contribution in [2.24, 2.45) is 11.3 Å². The van der Waals surface area contributed by atoms with Gasteiger partial charge >= 0.3 is 0 Å². The van der Waals surface area contributed by atoms with Crippen molar-refractivity contribution in [2.45, 2.75) is 46.6 Å². The van der Waals surface area contributed by atoms with E-state index >= 15 is 0 Å². The molecule has 2 atom stereocenters. The molecule has 2 rings (SSSR count). The minimum absolute atomic E-state index is 0.0562. The third-order valence-electron chi connectivity index (χ3n) is 4.80. The molecule has 0 aliphatic carbocycles. The lowest BCUT2D eigenvalue weighted by molar-refractivity contribution is -0.142. The van der Waals surface area contributed by atoms with Crippen LogP contribution in [0.4, 0.5) is 5.69 Å². The Labute approximate surface area is 167 Å². The summed E-state index contributed by atoms with van der Waals surface area (Å²) in [6, 6.07) is 6.63. The quantitative estimate of drug-likeness (QED) is 0.781. The predicted molar refractivity (Wildman–Crippen MR) is 110 cm³/mol. The minimum Gasteiger partial charge on any atom is -0.349 e. The standard InChI is InChI=1S/C20H31N3O4S/c1-14(16-10-6-7-11-17(16)22-28(5,26)27)21-18(24)15-9-8-12-23(13-15)19(25)20(2,3)4/h6-7,10-11,14-15,22H,8-9,12-13H2,1-5H3,(H,21,24). The molecule has 1 heterocycles. The van der Waals surface area contributed by atoms with E-state index in [1.807, 2.05) is 27.7 Å². The summed E-state index contributed by atoms with van der Waals surface area (Å²) in [6.45, 7) is 8.56. The largest absolute Gasteiger partial charge is 0.349 e. The topological polar surface area (TPSA) is 95.6 Å². The molecule has 0 saturated carbocycles. The molecule has 2 N–H and O–H groups in total. The Morgan fingerprint density at radius 3 is 2.46 bits per heavy atom. The first-order valence-electron chi connectivity index (χ1n) is 9.55. The molecule has 28 heavy (non-hydrogen) atoms. The Morgan fingerprint density at radius 2 is 1.86 bits per heavy atom. The van der Waals surface area contributed by atoms with E-state index < -0.39 is 15.4 Å². The van der Waals surface area contributed by atoms with Gasteiger partial charge < -0.3 is 10.2 Å². The van der Waals surface area contributed by atoms with E-state index in [0.717, 1.165) is 19.1 Å². The van der Waals surface area contributed by atoms with Crippen LogP contribution in [0.1, 0.15) is 52.1 Å². The van der Waals surface area contributed by atoms with Crippen LogP contribution in [0.3, 0.4) is 0 Å². The maximum Gasteiger partial charge on any atom is 0.229 e. The molecule has 0 radical (unpaired) electrons. The van der Waals surface area contributed by atoms with Gasteiger partial charge in [0.05, 0.1) is 23.9 Å². The fourth-order valence-corrected chi connectivity index (χ4v) is 4.01. The summed E-state index contributed by atoms with van der Waals surface area (Å²) >= 11 is 0. The molecule has 8 heteroatoms. The lowest BCUT2D eigenvalue weighted by Crippen LogP contribution is -2.49.